The van der Waals surface area contributed by atoms with E-state index in [2.05, 4.69) is 0 Å². The Labute approximate surface area is 114 Å². The molecule has 0 amide bonds. The number of methoxy groups -OCH3 is 1. The van der Waals surface area contributed by atoms with Gasteiger partial charge in [0.25, 0.3) is 0 Å². The summed E-state index contributed by atoms with van der Waals surface area (Å²) in [6.45, 7) is 1.93. The summed E-state index contributed by atoms with van der Waals surface area (Å²) >= 11 is 7.46. The van der Waals surface area contributed by atoms with E-state index in [0.717, 1.165) is 20.3 Å². The number of thiophene rings is 1. The average Bonchev–Trinajstić information content (AvgIpc) is 2.69. The van der Waals surface area contributed by atoms with Gasteiger partial charge >= 0.3 is 0 Å². The molecule has 5 heteroatoms. The second-order valence-corrected chi connectivity index (χ2v) is 5.66. The third-order valence-corrected chi connectivity index (χ3v) is 4.36. The molecule has 0 fully saturated rings. The molecule has 2 aromatic rings. The highest BCUT2D eigenvalue weighted by Gasteiger charge is 2.15. The van der Waals surface area contributed by atoms with E-state index in [9.17, 15) is 4.39 Å². The molecular weight excluding hydrogens is 273 g/mol. The van der Waals surface area contributed by atoms with Crippen LogP contribution in [0.15, 0.2) is 24.3 Å². The fourth-order valence-electron chi connectivity index (χ4n) is 1.67. The molecule has 1 heterocycles. The summed E-state index contributed by atoms with van der Waals surface area (Å²) in [6.07, 6.45) is 0. The second-order valence-electron chi connectivity index (χ2n) is 3.98. The van der Waals surface area contributed by atoms with Crippen molar-refractivity contribution in [2.75, 3.05) is 7.11 Å². The molecule has 1 atom stereocenters. The van der Waals surface area contributed by atoms with Gasteiger partial charge in [0.1, 0.15) is 0 Å². The number of rotatable bonds is 3. The maximum absolute atomic E-state index is 13.3. The lowest BCUT2D eigenvalue weighted by molar-refractivity contribution is 0.385. The number of aryl methyl sites for hydroxylation is 1. The number of hydrogen-bond donors (Lipinski definition) is 1. The van der Waals surface area contributed by atoms with Crippen LogP contribution >= 0.6 is 22.9 Å². The van der Waals surface area contributed by atoms with Crippen LogP contribution in [0.5, 0.6) is 5.75 Å². The Hall–Kier alpha value is -1.10. The standard InChI is InChI=1S/C13H13ClFNOS/c1-7-5-11(18-13(7)14)12(16)8-3-4-9(15)10(6-8)17-2/h3-6,12H,16H2,1-2H3. The van der Waals surface area contributed by atoms with Crippen LogP contribution in [0, 0.1) is 12.7 Å². The zero-order chi connectivity index (χ0) is 13.3. The number of benzene rings is 1. The van der Waals surface area contributed by atoms with Gasteiger partial charge in [-0.25, -0.2) is 4.39 Å². The van der Waals surface area contributed by atoms with E-state index in [1.807, 2.05) is 13.0 Å². The van der Waals surface area contributed by atoms with Crippen LogP contribution in [0.25, 0.3) is 0 Å². The molecule has 0 spiro atoms. The van der Waals surface area contributed by atoms with Gasteiger partial charge in [-0.3, -0.25) is 0 Å². The summed E-state index contributed by atoms with van der Waals surface area (Å²) in [7, 11) is 1.43. The Kier molecular flexibility index (Phi) is 3.90. The van der Waals surface area contributed by atoms with E-state index >= 15 is 0 Å². The first-order chi connectivity index (χ1) is 8.52. The molecule has 2 N–H and O–H groups in total. The summed E-state index contributed by atoms with van der Waals surface area (Å²) in [5.74, 6) is -0.198. The van der Waals surface area contributed by atoms with E-state index < -0.39 is 5.82 Å². The van der Waals surface area contributed by atoms with Crippen molar-refractivity contribution in [1.82, 2.24) is 0 Å². The SMILES string of the molecule is COc1cc(C(N)c2cc(C)c(Cl)s2)ccc1F. The first-order valence-electron chi connectivity index (χ1n) is 5.37. The van der Waals surface area contributed by atoms with Gasteiger partial charge < -0.3 is 10.5 Å². The number of hydrogen-bond acceptors (Lipinski definition) is 3. The maximum Gasteiger partial charge on any atom is 0.165 e. The van der Waals surface area contributed by atoms with E-state index in [0.29, 0.717) is 0 Å². The van der Waals surface area contributed by atoms with Crippen molar-refractivity contribution in [2.24, 2.45) is 5.73 Å². The van der Waals surface area contributed by atoms with Gasteiger partial charge in [-0.1, -0.05) is 17.7 Å². The number of ether oxygens (including phenoxy) is 1. The van der Waals surface area contributed by atoms with Crippen molar-refractivity contribution in [3.05, 3.63) is 50.4 Å². The van der Waals surface area contributed by atoms with Crippen molar-refractivity contribution in [3.8, 4) is 5.75 Å². The van der Waals surface area contributed by atoms with E-state index in [1.54, 1.807) is 12.1 Å². The van der Waals surface area contributed by atoms with Crippen molar-refractivity contribution in [3.63, 3.8) is 0 Å². The predicted octanol–water partition coefficient (Wildman–Crippen LogP) is 3.91. The molecule has 0 aliphatic rings. The normalized spacial score (nSPS) is 12.5. The van der Waals surface area contributed by atoms with Crippen molar-refractivity contribution >= 4 is 22.9 Å². The van der Waals surface area contributed by atoms with Crippen LogP contribution in [-0.2, 0) is 0 Å². The minimum atomic E-state index is -0.395. The molecule has 0 saturated heterocycles. The third kappa shape index (κ3) is 2.51. The predicted molar refractivity (Wildman–Crippen MR) is 73.0 cm³/mol. The van der Waals surface area contributed by atoms with Crippen LogP contribution in [0.2, 0.25) is 4.34 Å². The fourth-order valence-corrected chi connectivity index (χ4v) is 2.92. The molecule has 0 aliphatic carbocycles. The van der Waals surface area contributed by atoms with Gasteiger partial charge in [-0.15, -0.1) is 11.3 Å². The monoisotopic (exact) mass is 285 g/mol. The molecule has 1 aromatic heterocycles. The third-order valence-electron chi connectivity index (χ3n) is 2.72. The van der Waals surface area contributed by atoms with E-state index in [-0.39, 0.29) is 11.8 Å². The summed E-state index contributed by atoms with van der Waals surface area (Å²) in [5.41, 5.74) is 7.94. The summed E-state index contributed by atoms with van der Waals surface area (Å²) in [6, 6.07) is 6.26. The smallest absolute Gasteiger partial charge is 0.165 e. The fraction of sp³-hybridized carbons (Fsp3) is 0.231. The van der Waals surface area contributed by atoms with Gasteiger partial charge in [0.05, 0.1) is 17.5 Å². The molecular formula is C13H13ClFNOS. The molecule has 0 bridgehead atoms. The molecule has 1 unspecified atom stereocenters. The van der Waals surface area contributed by atoms with Gasteiger partial charge in [0, 0.05) is 4.88 Å². The number of halogens is 2. The van der Waals surface area contributed by atoms with E-state index in [4.69, 9.17) is 22.1 Å². The van der Waals surface area contributed by atoms with Crippen molar-refractivity contribution in [1.29, 1.82) is 0 Å². The Morgan fingerprint density at radius 3 is 2.67 bits per heavy atom. The molecule has 2 nitrogen and oxygen atoms in total. The van der Waals surface area contributed by atoms with E-state index in [1.165, 1.54) is 24.5 Å². The highest BCUT2D eigenvalue weighted by atomic mass is 35.5. The maximum atomic E-state index is 13.3. The molecule has 0 aliphatic heterocycles. The molecule has 1 aromatic carbocycles. The van der Waals surface area contributed by atoms with Crippen molar-refractivity contribution in [2.45, 2.75) is 13.0 Å². The first kappa shape index (κ1) is 13.3. The Morgan fingerprint density at radius 1 is 1.39 bits per heavy atom. The van der Waals surface area contributed by atoms with Crippen LogP contribution in [0.4, 0.5) is 4.39 Å². The highest BCUT2D eigenvalue weighted by Crippen LogP contribution is 2.34. The van der Waals surface area contributed by atoms with Crippen molar-refractivity contribution < 1.29 is 9.13 Å². The molecule has 96 valence electrons. The zero-order valence-corrected chi connectivity index (χ0v) is 11.6. The average molecular weight is 286 g/mol. The first-order valence-corrected chi connectivity index (χ1v) is 6.57. The minimum Gasteiger partial charge on any atom is -0.494 e. The largest absolute Gasteiger partial charge is 0.494 e. The quantitative estimate of drug-likeness (QED) is 0.928. The van der Waals surface area contributed by atoms with Gasteiger partial charge in [-0.2, -0.15) is 0 Å². The lowest BCUT2D eigenvalue weighted by atomic mass is 10.1. The number of nitrogens with two attached hydrogens (primary N) is 1. The van der Waals surface area contributed by atoms with Crippen LogP contribution < -0.4 is 10.5 Å². The lowest BCUT2D eigenvalue weighted by Gasteiger charge is -2.11. The topological polar surface area (TPSA) is 35.2 Å². The van der Waals surface area contributed by atoms with Crippen LogP contribution in [0.1, 0.15) is 22.0 Å². The van der Waals surface area contributed by atoms with Gasteiger partial charge in [-0.05, 0) is 36.2 Å². The zero-order valence-electron chi connectivity index (χ0n) is 10.0. The van der Waals surface area contributed by atoms with Crippen LogP contribution in [0.3, 0.4) is 0 Å². The Bertz CT molecular complexity index is 551. The molecule has 2 rings (SSSR count). The lowest BCUT2D eigenvalue weighted by Crippen LogP contribution is -2.10. The Balaban J connectivity index is 2.36. The molecule has 0 radical (unpaired) electrons. The highest BCUT2D eigenvalue weighted by molar-refractivity contribution is 7.16. The second kappa shape index (κ2) is 5.26. The molecule has 0 saturated carbocycles. The Morgan fingerprint density at radius 2 is 2.11 bits per heavy atom. The van der Waals surface area contributed by atoms with Gasteiger partial charge in [0.15, 0.2) is 11.6 Å². The minimum absolute atomic E-state index is 0.197. The summed E-state index contributed by atoms with van der Waals surface area (Å²) < 4.78 is 19.0. The van der Waals surface area contributed by atoms with Crippen LogP contribution in [-0.4, -0.2) is 7.11 Å². The molecule has 18 heavy (non-hydrogen) atoms. The summed E-state index contributed by atoms with van der Waals surface area (Å²) in [4.78, 5) is 0.950. The van der Waals surface area contributed by atoms with Gasteiger partial charge in [0.2, 0.25) is 0 Å². The summed E-state index contributed by atoms with van der Waals surface area (Å²) in [5, 5.41) is 0.